The Morgan fingerprint density at radius 3 is 2.66 bits per heavy atom. The number of carbonyl (C=O) groups excluding carboxylic acids is 2. The second-order valence-corrected chi connectivity index (χ2v) is 7.32. The van der Waals surface area contributed by atoms with Crippen molar-refractivity contribution >= 4 is 17.3 Å². The van der Waals surface area contributed by atoms with Crippen LogP contribution in [0.3, 0.4) is 0 Å². The van der Waals surface area contributed by atoms with Gasteiger partial charge in [-0.2, -0.15) is 0 Å². The monoisotopic (exact) mass is 393 g/mol. The molecule has 0 saturated heterocycles. The van der Waals surface area contributed by atoms with E-state index in [4.69, 9.17) is 0 Å². The Balaban J connectivity index is 1.74. The number of amides is 2. The van der Waals surface area contributed by atoms with E-state index >= 15 is 0 Å². The summed E-state index contributed by atoms with van der Waals surface area (Å²) in [5, 5.41) is 5.78. The smallest absolute Gasteiger partial charge is 0.287 e. The maximum Gasteiger partial charge on any atom is 0.287 e. The summed E-state index contributed by atoms with van der Waals surface area (Å²) in [5.74, 6) is -0.392. The Labute approximate surface area is 170 Å². The molecule has 0 aliphatic heterocycles. The van der Waals surface area contributed by atoms with Gasteiger partial charge >= 0.3 is 0 Å². The molecule has 0 atom stereocenters. The number of hydrogen-bond acceptors (Lipinski definition) is 4. The standard InChI is InChI=1S/C22H27N5O2/c1-16-8-6-9-17(14-16)15-24-22(29)20-25-19(18-10-4-5-13-27(18)20)21(28)23-11-7-12-26(2)3/h4-6,8-10,13-14H,7,11-12,15H2,1-3H3,(H,23,28)(H,24,29). The molecule has 1 aromatic carbocycles. The molecule has 29 heavy (non-hydrogen) atoms. The molecule has 0 spiro atoms. The third-order valence-electron chi connectivity index (χ3n) is 4.57. The number of nitrogens with one attached hydrogen (secondary N) is 2. The molecule has 2 N–H and O–H groups in total. The van der Waals surface area contributed by atoms with Crippen LogP contribution in [0.2, 0.25) is 0 Å². The van der Waals surface area contributed by atoms with Gasteiger partial charge in [0.15, 0.2) is 5.69 Å². The van der Waals surface area contributed by atoms with Gasteiger partial charge in [-0.15, -0.1) is 0 Å². The lowest BCUT2D eigenvalue weighted by molar-refractivity contribution is 0.0939. The zero-order chi connectivity index (χ0) is 20.8. The maximum absolute atomic E-state index is 12.8. The van der Waals surface area contributed by atoms with E-state index in [0.717, 1.165) is 24.1 Å². The van der Waals surface area contributed by atoms with Crippen molar-refractivity contribution in [3.63, 3.8) is 0 Å². The van der Waals surface area contributed by atoms with Crippen LogP contribution in [0.25, 0.3) is 5.52 Å². The highest BCUT2D eigenvalue weighted by molar-refractivity contribution is 6.02. The van der Waals surface area contributed by atoms with Crippen molar-refractivity contribution in [2.75, 3.05) is 27.2 Å². The molecule has 2 heterocycles. The molecule has 0 aliphatic carbocycles. The molecular formula is C22H27N5O2. The van der Waals surface area contributed by atoms with Gasteiger partial charge in [-0.1, -0.05) is 35.9 Å². The topological polar surface area (TPSA) is 78.7 Å². The Morgan fingerprint density at radius 2 is 1.90 bits per heavy atom. The van der Waals surface area contributed by atoms with Gasteiger partial charge in [0.2, 0.25) is 5.82 Å². The Bertz CT molecular complexity index is 1010. The van der Waals surface area contributed by atoms with E-state index in [1.165, 1.54) is 0 Å². The fourth-order valence-corrected chi connectivity index (χ4v) is 3.13. The van der Waals surface area contributed by atoms with Crippen LogP contribution in [-0.2, 0) is 6.54 Å². The first-order chi connectivity index (χ1) is 14.0. The van der Waals surface area contributed by atoms with Crippen LogP contribution in [-0.4, -0.2) is 53.3 Å². The predicted octanol–water partition coefficient (Wildman–Crippen LogP) is 2.25. The SMILES string of the molecule is Cc1cccc(CNC(=O)c2nc(C(=O)NCCCN(C)C)c3ccccn23)c1. The number of aromatic nitrogens is 2. The van der Waals surface area contributed by atoms with E-state index in [-0.39, 0.29) is 23.3 Å². The van der Waals surface area contributed by atoms with E-state index in [1.807, 2.05) is 57.4 Å². The Hall–Kier alpha value is -3.19. The average Bonchev–Trinajstić information content (AvgIpc) is 3.09. The summed E-state index contributed by atoms with van der Waals surface area (Å²) in [5.41, 5.74) is 3.02. The first-order valence-corrected chi connectivity index (χ1v) is 9.69. The molecule has 3 rings (SSSR count). The predicted molar refractivity (Wildman–Crippen MR) is 113 cm³/mol. The van der Waals surface area contributed by atoms with E-state index in [0.29, 0.717) is 18.6 Å². The molecular weight excluding hydrogens is 366 g/mol. The zero-order valence-electron chi connectivity index (χ0n) is 17.1. The zero-order valence-corrected chi connectivity index (χ0v) is 17.1. The molecule has 0 saturated carbocycles. The first-order valence-electron chi connectivity index (χ1n) is 9.69. The van der Waals surface area contributed by atoms with Crippen molar-refractivity contribution in [1.82, 2.24) is 24.9 Å². The number of benzene rings is 1. The van der Waals surface area contributed by atoms with Gasteiger partial charge in [-0.3, -0.25) is 14.0 Å². The molecule has 2 amide bonds. The van der Waals surface area contributed by atoms with Crippen LogP contribution in [0.15, 0.2) is 48.7 Å². The van der Waals surface area contributed by atoms with Gasteiger partial charge in [0, 0.05) is 19.3 Å². The summed E-state index contributed by atoms with van der Waals surface area (Å²) in [6.07, 6.45) is 2.58. The van der Waals surface area contributed by atoms with Crippen LogP contribution in [0.5, 0.6) is 0 Å². The maximum atomic E-state index is 12.8. The molecule has 152 valence electrons. The van der Waals surface area contributed by atoms with Crippen molar-refractivity contribution in [1.29, 1.82) is 0 Å². The number of carbonyl (C=O) groups is 2. The summed E-state index contributed by atoms with van der Waals surface area (Å²) >= 11 is 0. The molecule has 0 unspecified atom stereocenters. The van der Waals surface area contributed by atoms with Crippen molar-refractivity contribution in [3.05, 3.63) is 71.3 Å². The third kappa shape index (κ3) is 5.20. The molecule has 2 aromatic heterocycles. The minimum absolute atomic E-state index is 0.201. The Morgan fingerprint density at radius 1 is 1.07 bits per heavy atom. The number of nitrogens with zero attached hydrogens (tertiary/aromatic N) is 3. The molecule has 0 fully saturated rings. The lowest BCUT2D eigenvalue weighted by Crippen LogP contribution is -2.28. The van der Waals surface area contributed by atoms with Gasteiger partial charge in [0.1, 0.15) is 0 Å². The second-order valence-electron chi connectivity index (χ2n) is 7.32. The van der Waals surface area contributed by atoms with Gasteiger partial charge < -0.3 is 15.5 Å². The lowest BCUT2D eigenvalue weighted by Gasteiger charge is -2.09. The highest BCUT2D eigenvalue weighted by Gasteiger charge is 2.21. The second kappa shape index (κ2) is 9.34. The Kier molecular flexibility index (Phi) is 6.61. The fourth-order valence-electron chi connectivity index (χ4n) is 3.13. The van der Waals surface area contributed by atoms with Crippen LogP contribution >= 0.6 is 0 Å². The summed E-state index contributed by atoms with van der Waals surface area (Å²) in [6, 6.07) is 13.4. The summed E-state index contributed by atoms with van der Waals surface area (Å²) in [4.78, 5) is 31.8. The van der Waals surface area contributed by atoms with Crippen LogP contribution in [0.4, 0.5) is 0 Å². The van der Waals surface area contributed by atoms with Crippen molar-refractivity contribution in [2.24, 2.45) is 0 Å². The lowest BCUT2D eigenvalue weighted by atomic mass is 10.1. The van der Waals surface area contributed by atoms with Crippen LogP contribution in [0.1, 0.15) is 38.7 Å². The van der Waals surface area contributed by atoms with Crippen LogP contribution < -0.4 is 10.6 Å². The van der Waals surface area contributed by atoms with Gasteiger partial charge in [-0.25, -0.2) is 4.98 Å². The van der Waals surface area contributed by atoms with Crippen LogP contribution in [0, 0.1) is 6.92 Å². The summed E-state index contributed by atoms with van der Waals surface area (Å²) in [7, 11) is 3.98. The minimum Gasteiger partial charge on any atom is -0.351 e. The number of imidazole rings is 1. The number of rotatable bonds is 8. The van der Waals surface area contributed by atoms with E-state index < -0.39 is 0 Å². The highest BCUT2D eigenvalue weighted by atomic mass is 16.2. The van der Waals surface area contributed by atoms with E-state index in [9.17, 15) is 9.59 Å². The number of pyridine rings is 1. The molecule has 0 radical (unpaired) electrons. The first kappa shape index (κ1) is 20.5. The summed E-state index contributed by atoms with van der Waals surface area (Å²) in [6.45, 7) is 3.85. The highest BCUT2D eigenvalue weighted by Crippen LogP contribution is 2.14. The van der Waals surface area contributed by atoms with E-state index in [2.05, 4.69) is 20.5 Å². The molecule has 0 aliphatic rings. The molecule has 7 nitrogen and oxygen atoms in total. The molecule has 0 bridgehead atoms. The van der Waals surface area contributed by atoms with Gasteiger partial charge in [0.05, 0.1) is 5.52 Å². The average molecular weight is 393 g/mol. The summed E-state index contributed by atoms with van der Waals surface area (Å²) < 4.78 is 1.65. The quantitative estimate of drug-likeness (QED) is 0.576. The normalized spacial score (nSPS) is 11.0. The number of fused-ring (bicyclic) bond motifs is 1. The van der Waals surface area contributed by atoms with E-state index in [1.54, 1.807) is 16.7 Å². The molecule has 3 aromatic rings. The third-order valence-corrected chi connectivity index (χ3v) is 4.57. The molecule has 7 heteroatoms. The largest absolute Gasteiger partial charge is 0.351 e. The fraction of sp³-hybridized carbons (Fsp3) is 0.318. The number of aryl methyl sites for hydroxylation is 1. The van der Waals surface area contributed by atoms with Crippen molar-refractivity contribution in [3.8, 4) is 0 Å². The minimum atomic E-state index is -0.320. The van der Waals surface area contributed by atoms with Crippen molar-refractivity contribution in [2.45, 2.75) is 19.9 Å². The van der Waals surface area contributed by atoms with Crippen molar-refractivity contribution < 1.29 is 9.59 Å². The van der Waals surface area contributed by atoms with Gasteiger partial charge in [0.25, 0.3) is 11.8 Å². The number of hydrogen-bond donors (Lipinski definition) is 2. The van der Waals surface area contributed by atoms with Gasteiger partial charge in [-0.05, 0) is 51.7 Å².